The van der Waals surface area contributed by atoms with E-state index in [4.69, 9.17) is 21.4 Å². The quantitative estimate of drug-likeness (QED) is 0.694. The van der Waals surface area contributed by atoms with E-state index in [1.165, 1.54) is 4.90 Å². The van der Waals surface area contributed by atoms with Gasteiger partial charge in [-0.15, -0.1) is 0 Å². The molecule has 0 aliphatic carbocycles. The van der Waals surface area contributed by atoms with Crippen molar-refractivity contribution < 1.29 is 13.9 Å². The number of carbonyl (C=O) groups is 1. The van der Waals surface area contributed by atoms with Gasteiger partial charge in [-0.2, -0.15) is 0 Å². The van der Waals surface area contributed by atoms with E-state index in [1.54, 1.807) is 31.6 Å². The van der Waals surface area contributed by atoms with Crippen molar-refractivity contribution in [2.45, 2.75) is 6.54 Å². The Hall–Kier alpha value is -2.60. The van der Waals surface area contributed by atoms with Crippen LogP contribution in [0.3, 0.4) is 0 Å². The molecule has 2 heterocycles. The normalized spacial score (nSPS) is 16.2. The Morgan fingerprint density at radius 1 is 1.32 bits per heavy atom. The number of furan rings is 1. The Balaban J connectivity index is 1.78. The number of hydrogen-bond donors (Lipinski definition) is 1. The first kappa shape index (κ1) is 14.3. The van der Waals surface area contributed by atoms with E-state index in [2.05, 4.69) is 5.32 Å². The predicted molar refractivity (Wildman–Crippen MR) is 86.0 cm³/mol. The Kier molecular flexibility index (Phi) is 3.93. The predicted octanol–water partition coefficient (Wildman–Crippen LogP) is 2.55. The van der Waals surface area contributed by atoms with Gasteiger partial charge in [0.25, 0.3) is 5.91 Å². The summed E-state index contributed by atoms with van der Waals surface area (Å²) in [6.45, 7) is 0.317. The standard InChI is InChI=1S/C16H14N2O3S/c1-20-12-6-4-11(5-7-12)9-14-15(19)18(16(22)17-14)10-13-3-2-8-21-13/h2-9H,10H2,1H3,(H,17,22)/b14-9+. The van der Waals surface area contributed by atoms with Crippen LogP contribution < -0.4 is 10.1 Å². The first-order chi connectivity index (χ1) is 10.7. The molecule has 112 valence electrons. The van der Waals surface area contributed by atoms with E-state index in [9.17, 15) is 4.79 Å². The molecule has 1 amide bonds. The lowest BCUT2D eigenvalue weighted by Gasteiger charge is -2.11. The highest BCUT2D eigenvalue weighted by Crippen LogP contribution is 2.18. The fourth-order valence-corrected chi connectivity index (χ4v) is 2.40. The monoisotopic (exact) mass is 314 g/mol. The van der Waals surface area contributed by atoms with Crippen molar-refractivity contribution in [2.75, 3.05) is 7.11 Å². The van der Waals surface area contributed by atoms with Crippen LogP contribution in [0.4, 0.5) is 0 Å². The summed E-state index contributed by atoms with van der Waals surface area (Å²) in [5, 5.41) is 3.32. The van der Waals surface area contributed by atoms with Gasteiger partial charge in [-0.3, -0.25) is 9.69 Å². The molecule has 6 heteroatoms. The molecule has 1 N–H and O–H groups in total. The molecule has 0 atom stereocenters. The highest BCUT2D eigenvalue weighted by Gasteiger charge is 2.31. The van der Waals surface area contributed by atoms with Crippen LogP contribution in [0.5, 0.6) is 5.75 Å². The lowest BCUT2D eigenvalue weighted by molar-refractivity contribution is -0.122. The van der Waals surface area contributed by atoms with E-state index in [1.807, 2.05) is 24.3 Å². The first-order valence-electron chi connectivity index (χ1n) is 6.68. The third kappa shape index (κ3) is 2.87. The van der Waals surface area contributed by atoms with Gasteiger partial charge in [0.05, 0.1) is 19.9 Å². The van der Waals surface area contributed by atoms with Gasteiger partial charge < -0.3 is 14.5 Å². The molecule has 22 heavy (non-hydrogen) atoms. The topological polar surface area (TPSA) is 54.7 Å². The van der Waals surface area contributed by atoms with Crippen LogP contribution >= 0.6 is 12.2 Å². The summed E-state index contributed by atoms with van der Waals surface area (Å²) >= 11 is 5.21. The number of thiocarbonyl (C=S) groups is 1. The minimum absolute atomic E-state index is 0.169. The van der Waals surface area contributed by atoms with Crippen LogP contribution in [0.25, 0.3) is 6.08 Å². The second kappa shape index (κ2) is 6.03. The minimum atomic E-state index is -0.169. The zero-order chi connectivity index (χ0) is 15.5. The summed E-state index contributed by atoms with van der Waals surface area (Å²) in [5.74, 6) is 1.28. The van der Waals surface area contributed by atoms with Gasteiger partial charge >= 0.3 is 0 Å². The molecule has 1 aliphatic heterocycles. The van der Waals surface area contributed by atoms with E-state index < -0.39 is 0 Å². The van der Waals surface area contributed by atoms with Gasteiger partial charge in [0.1, 0.15) is 17.2 Å². The summed E-state index contributed by atoms with van der Waals surface area (Å²) in [4.78, 5) is 13.9. The number of nitrogens with one attached hydrogen (secondary N) is 1. The molecule has 0 saturated carbocycles. The summed E-state index contributed by atoms with van der Waals surface area (Å²) in [5.41, 5.74) is 1.33. The molecule has 1 fully saturated rings. The van der Waals surface area contributed by atoms with Crippen molar-refractivity contribution in [3.63, 3.8) is 0 Å². The smallest absolute Gasteiger partial charge is 0.276 e. The molecule has 3 rings (SSSR count). The van der Waals surface area contributed by atoms with E-state index in [0.29, 0.717) is 23.1 Å². The molecular weight excluding hydrogens is 300 g/mol. The van der Waals surface area contributed by atoms with Gasteiger partial charge in [-0.05, 0) is 48.1 Å². The fraction of sp³-hybridized carbons (Fsp3) is 0.125. The highest BCUT2D eigenvalue weighted by atomic mass is 32.1. The van der Waals surface area contributed by atoms with Crippen LogP contribution in [0.1, 0.15) is 11.3 Å². The van der Waals surface area contributed by atoms with Gasteiger partial charge in [0.2, 0.25) is 0 Å². The van der Waals surface area contributed by atoms with Crippen LogP contribution in [-0.2, 0) is 11.3 Å². The number of carbonyl (C=O) groups excluding carboxylic acids is 1. The molecule has 2 aromatic rings. The molecular formula is C16H14N2O3S. The third-order valence-corrected chi connectivity index (χ3v) is 3.61. The SMILES string of the molecule is COc1ccc(/C=C2/NC(=S)N(Cc3ccco3)C2=O)cc1. The minimum Gasteiger partial charge on any atom is -0.497 e. The van der Waals surface area contributed by atoms with Crippen LogP contribution in [0.15, 0.2) is 52.8 Å². The highest BCUT2D eigenvalue weighted by molar-refractivity contribution is 7.80. The average Bonchev–Trinajstić information content (AvgIpc) is 3.13. The number of amides is 1. The molecule has 1 aromatic heterocycles. The summed E-state index contributed by atoms with van der Waals surface area (Å²) in [7, 11) is 1.61. The Morgan fingerprint density at radius 2 is 2.09 bits per heavy atom. The Labute approximate surface area is 133 Å². The number of ether oxygens (including phenoxy) is 1. The molecule has 1 saturated heterocycles. The van der Waals surface area contributed by atoms with Gasteiger partial charge in [0.15, 0.2) is 5.11 Å². The van der Waals surface area contributed by atoms with E-state index in [0.717, 1.165) is 11.3 Å². The molecule has 0 bridgehead atoms. The van der Waals surface area contributed by atoms with E-state index in [-0.39, 0.29) is 5.91 Å². The van der Waals surface area contributed by atoms with Crippen LogP contribution in [-0.4, -0.2) is 23.0 Å². The largest absolute Gasteiger partial charge is 0.497 e. The molecule has 5 nitrogen and oxygen atoms in total. The van der Waals surface area contributed by atoms with Crippen molar-refractivity contribution in [3.05, 3.63) is 59.7 Å². The first-order valence-corrected chi connectivity index (χ1v) is 7.09. The zero-order valence-electron chi connectivity index (χ0n) is 11.9. The summed E-state index contributed by atoms with van der Waals surface area (Å²) < 4.78 is 10.4. The van der Waals surface area contributed by atoms with Gasteiger partial charge in [-0.25, -0.2) is 0 Å². The Morgan fingerprint density at radius 3 is 2.73 bits per heavy atom. The van der Waals surface area contributed by atoms with Crippen molar-refractivity contribution in [3.8, 4) is 5.75 Å². The van der Waals surface area contributed by atoms with Crippen molar-refractivity contribution >= 4 is 29.3 Å². The van der Waals surface area contributed by atoms with Crippen molar-refractivity contribution in [1.29, 1.82) is 0 Å². The maximum absolute atomic E-state index is 12.4. The summed E-state index contributed by atoms with van der Waals surface area (Å²) in [6.07, 6.45) is 3.33. The number of hydrogen-bond acceptors (Lipinski definition) is 4. The number of nitrogens with zero attached hydrogens (tertiary/aromatic N) is 1. The lowest BCUT2D eigenvalue weighted by Crippen LogP contribution is -2.29. The number of rotatable bonds is 4. The van der Waals surface area contributed by atoms with Gasteiger partial charge in [0, 0.05) is 0 Å². The van der Waals surface area contributed by atoms with E-state index >= 15 is 0 Å². The van der Waals surface area contributed by atoms with Crippen LogP contribution in [0, 0.1) is 0 Å². The van der Waals surface area contributed by atoms with Gasteiger partial charge in [-0.1, -0.05) is 12.1 Å². The zero-order valence-corrected chi connectivity index (χ0v) is 12.7. The number of methoxy groups -OCH3 is 1. The second-order valence-corrected chi connectivity index (χ2v) is 5.12. The number of benzene rings is 1. The summed E-state index contributed by atoms with van der Waals surface area (Å²) in [6, 6.07) is 11.0. The van der Waals surface area contributed by atoms with Crippen LogP contribution in [0.2, 0.25) is 0 Å². The van der Waals surface area contributed by atoms with Crippen molar-refractivity contribution in [2.24, 2.45) is 0 Å². The molecule has 0 unspecified atom stereocenters. The maximum atomic E-state index is 12.4. The molecule has 1 aliphatic rings. The second-order valence-electron chi connectivity index (χ2n) is 4.73. The average molecular weight is 314 g/mol. The fourth-order valence-electron chi connectivity index (χ4n) is 2.14. The molecule has 1 aromatic carbocycles. The maximum Gasteiger partial charge on any atom is 0.276 e. The molecule has 0 spiro atoms. The lowest BCUT2D eigenvalue weighted by atomic mass is 10.2. The Bertz CT molecular complexity index is 720. The van der Waals surface area contributed by atoms with Crippen molar-refractivity contribution in [1.82, 2.24) is 10.2 Å². The molecule has 0 radical (unpaired) electrons. The third-order valence-electron chi connectivity index (χ3n) is 3.28.